The summed E-state index contributed by atoms with van der Waals surface area (Å²) in [6.07, 6.45) is 3.90. The third-order valence-corrected chi connectivity index (χ3v) is 4.11. The number of benzene rings is 1. The molecule has 1 aromatic carbocycles. The first kappa shape index (κ1) is 18.8. The molecule has 0 fully saturated rings. The summed E-state index contributed by atoms with van der Waals surface area (Å²) in [5, 5.41) is 13.0. The second-order valence-corrected chi connectivity index (χ2v) is 6.18. The summed E-state index contributed by atoms with van der Waals surface area (Å²) >= 11 is 0. The number of halogens is 1. The number of hydrogen-bond acceptors (Lipinski definition) is 3. The Morgan fingerprint density at radius 2 is 1.84 bits per heavy atom. The van der Waals surface area contributed by atoms with E-state index in [1.807, 2.05) is 6.92 Å². The van der Waals surface area contributed by atoms with E-state index in [0.29, 0.717) is 19.4 Å². The van der Waals surface area contributed by atoms with E-state index in [-0.39, 0.29) is 17.8 Å². The molecule has 134 valence electrons. The molecule has 0 atom stereocenters. The van der Waals surface area contributed by atoms with E-state index in [4.69, 9.17) is 5.11 Å². The van der Waals surface area contributed by atoms with Crippen molar-refractivity contribution in [1.82, 2.24) is 9.78 Å². The number of nitrogens with zero attached hydrogens (tertiary/aromatic N) is 2. The Kier molecular flexibility index (Phi) is 6.86. The molecular weight excluding hydrogens is 323 g/mol. The summed E-state index contributed by atoms with van der Waals surface area (Å²) < 4.78 is 14.4. The number of unbranched alkanes of at least 4 members (excludes halogenated alkanes) is 3. The second-order valence-electron chi connectivity index (χ2n) is 6.18. The number of carboxylic acid groups (broad SMARTS) is 1. The van der Waals surface area contributed by atoms with Crippen LogP contribution in [0.25, 0.3) is 0 Å². The van der Waals surface area contributed by atoms with Crippen molar-refractivity contribution in [3.05, 3.63) is 63.3 Å². The highest BCUT2D eigenvalue weighted by Gasteiger charge is 2.07. The summed E-state index contributed by atoms with van der Waals surface area (Å²) in [5.74, 6) is -1.05. The number of carboxylic acids is 1. The molecule has 1 N–H and O–H groups in total. The van der Waals surface area contributed by atoms with Crippen molar-refractivity contribution in [1.29, 1.82) is 0 Å². The third-order valence-electron chi connectivity index (χ3n) is 4.11. The van der Waals surface area contributed by atoms with Gasteiger partial charge in [-0.25, -0.2) is 9.07 Å². The first-order valence-corrected chi connectivity index (χ1v) is 8.49. The first-order valence-electron chi connectivity index (χ1n) is 8.49. The zero-order valence-electron chi connectivity index (χ0n) is 14.4. The number of aliphatic carboxylic acids is 1. The number of rotatable bonds is 9. The van der Waals surface area contributed by atoms with Crippen LogP contribution in [0.15, 0.2) is 35.1 Å². The van der Waals surface area contributed by atoms with Gasteiger partial charge in [0.05, 0.1) is 5.69 Å². The molecule has 0 bridgehead atoms. The minimum Gasteiger partial charge on any atom is -0.481 e. The molecule has 1 heterocycles. The molecule has 0 aliphatic rings. The smallest absolute Gasteiger partial charge is 0.303 e. The van der Waals surface area contributed by atoms with Crippen LogP contribution < -0.4 is 5.56 Å². The molecule has 5 nitrogen and oxygen atoms in total. The van der Waals surface area contributed by atoms with Crippen molar-refractivity contribution in [2.75, 3.05) is 0 Å². The summed E-state index contributed by atoms with van der Waals surface area (Å²) in [4.78, 5) is 22.6. The zero-order chi connectivity index (χ0) is 18.2. The van der Waals surface area contributed by atoms with Gasteiger partial charge in [0.25, 0.3) is 5.56 Å². The van der Waals surface area contributed by atoms with Gasteiger partial charge in [-0.1, -0.05) is 25.0 Å². The fourth-order valence-electron chi connectivity index (χ4n) is 2.68. The predicted molar refractivity (Wildman–Crippen MR) is 93.2 cm³/mol. The third kappa shape index (κ3) is 6.14. The Hall–Kier alpha value is -2.50. The minimum atomic E-state index is -0.773. The van der Waals surface area contributed by atoms with Gasteiger partial charge in [-0.2, -0.15) is 5.10 Å². The Morgan fingerprint density at radius 3 is 2.52 bits per heavy atom. The minimum absolute atomic E-state index is 0.145. The number of aromatic nitrogens is 2. The molecule has 0 saturated carbocycles. The second kappa shape index (κ2) is 9.11. The van der Waals surface area contributed by atoms with Gasteiger partial charge in [-0.3, -0.25) is 9.59 Å². The normalized spacial score (nSPS) is 10.8. The van der Waals surface area contributed by atoms with E-state index in [0.717, 1.165) is 36.1 Å². The van der Waals surface area contributed by atoms with Gasteiger partial charge in [-0.05, 0) is 49.4 Å². The average molecular weight is 346 g/mol. The van der Waals surface area contributed by atoms with Gasteiger partial charge in [0.1, 0.15) is 5.82 Å². The molecule has 2 rings (SSSR count). The van der Waals surface area contributed by atoms with Crippen LogP contribution in [0.3, 0.4) is 0 Å². The standard InChI is InChI=1S/C19H23FN2O3/c1-14-16(12-15-7-9-17(20)10-8-15)13-18(23)22(21-14)11-5-3-2-4-6-19(24)25/h7-10,13H,2-6,11-12H2,1H3,(H,24,25). The number of hydrogen-bond donors (Lipinski definition) is 1. The van der Waals surface area contributed by atoms with Gasteiger partial charge in [0, 0.05) is 19.0 Å². The lowest BCUT2D eigenvalue weighted by Gasteiger charge is -2.09. The van der Waals surface area contributed by atoms with Gasteiger partial charge in [0.15, 0.2) is 0 Å². The van der Waals surface area contributed by atoms with E-state index >= 15 is 0 Å². The lowest BCUT2D eigenvalue weighted by Crippen LogP contribution is -2.24. The summed E-state index contributed by atoms with van der Waals surface area (Å²) in [5.41, 5.74) is 2.42. The molecule has 0 spiro atoms. The van der Waals surface area contributed by atoms with Gasteiger partial charge in [0.2, 0.25) is 0 Å². The molecule has 2 aromatic rings. The van der Waals surface area contributed by atoms with Crippen LogP contribution in [0.5, 0.6) is 0 Å². The summed E-state index contributed by atoms with van der Waals surface area (Å²) in [6.45, 7) is 2.39. The number of aryl methyl sites for hydroxylation is 2. The Labute approximate surface area is 146 Å². The van der Waals surface area contributed by atoms with Crippen molar-refractivity contribution < 1.29 is 14.3 Å². The molecule has 0 unspecified atom stereocenters. The van der Waals surface area contributed by atoms with Crippen LogP contribution in [0, 0.1) is 12.7 Å². The molecule has 0 aliphatic carbocycles. The van der Waals surface area contributed by atoms with Crippen molar-refractivity contribution in [3.8, 4) is 0 Å². The van der Waals surface area contributed by atoms with Crippen LogP contribution in [0.4, 0.5) is 4.39 Å². The molecule has 0 saturated heterocycles. The van der Waals surface area contributed by atoms with Gasteiger partial charge >= 0.3 is 5.97 Å². The Morgan fingerprint density at radius 1 is 1.16 bits per heavy atom. The summed E-state index contributed by atoms with van der Waals surface area (Å²) in [6, 6.07) is 7.82. The molecular formula is C19H23FN2O3. The van der Waals surface area contributed by atoms with E-state index in [1.54, 1.807) is 18.2 Å². The maximum Gasteiger partial charge on any atom is 0.303 e. The highest BCUT2D eigenvalue weighted by Crippen LogP contribution is 2.11. The topological polar surface area (TPSA) is 72.2 Å². The molecule has 0 amide bonds. The van der Waals surface area contributed by atoms with Crippen molar-refractivity contribution in [2.45, 2.75) is 52.0 Å². The van der Waals surface area contributed by atoms with E-state index < -0.39 is 5.97 Å². The fraction of sp³-hybridized carbons (Fsp3) is 0.421. The lowest BCUT2D eigenvalue weighted by molar-refractivity contribution is -0.137. The maximum absolute atomic E-state index is 13.0. The van der Waals surface area contributed by atoms with Crippen LogP contribution in [-0.4, -0.2) is 20.9 Å². The Balaban J connectivity index is 1.91. The SMILES string of the molecule is Cc1nn(CCCCCCC(=O)O)c(=O)cc1Cc1ccc(F)cc1. The zero-order valence-corrected chi connectivity index (χ0v) is 14.4. The first-order chi connectivity index (χ1) is 12.0. The van der Waals surface area contributed by atoms with Crippen molar-refractivity contribution in [3.63, 3.8) is 0 Å². The van der Waals surface area contributed by atoms with E-state index in [9.17, 15) is 14.0 Å². The van der Waals surface area contributed by atoms with Gasteiger partial charge < -0.3 is 5.11 Å². The molecule has 25 heavy (non-hydrogen) atoms. The lowest BCUT2D eigenvalue weighted by atomic mass is 10.0. The molecule has 6 heteroatoms. The van der Waals surface area contributed by atoms with E-state index in [2.05, 4.69) is 5.10 Å². The highest BCUT2D eigenvalue weighted by atomic mass is 19.1. The summed E-state index contributed by atoms with van der Waals surface area (Å²) in [7, 11) is 0. The average Bonchev–Trinajstić information content (AvgIpc) is 2.56. The van der Waals surface area contributed by atoms with Crippen LogP contribution in [0.1, 0.15) is 48.9 Å². The van der Waals surface area contributed by atoms with Crippen LogP contribution in [0.2, 0.25) is 0 Å². The quantitative estimate of drug-likeness (QED) is 0.707. The molecule has 1 aromatic heterocycles. The highest BCUT2D eigenvalue weighted by molar-refractivity contribution is 5.66. The largest absolute Gasteiger partial charge is 0.481 e. The maximum atomic E-state index is 13.0. The Bertz CT molecular complexity index is 769. The molecule has 0 radical (unpaired) electrons. The molecule has 0 aliphatic heterocycles. The van der Waals surface area contributed by atoms with Gasteiger partial charge in [-0.15, -0.1) is 0 Å². The van der Waals surface area contributed by atoms with E-state index in [1.165, 1.54) is 16.8 Å². The monoisotopic (exact) mass is 346 g/mol. The van der Waals surface area contributed by atoms with Crippen molar-refractivity contribution >= 4 is 5.97 Å². The van der Waals surface area contributed by atoms with Crippen LogP contribution in [-0.2, 0) is 17.8 Å². The van der Waals surface area contributed by atoms with Crippen molar-refractivity contribution in [2.24, 2.45) is 0 Å². The van der Waals surface area contributed by atoms with Crippen LogP contribution >= 0.6 is 0 Å². The fourth-order valence-corrected chi connectivity index (χ4v) is 2.68. The predicted octanol–water partition coefficient (Wildman–Crippen LogP) is 3.32. The number of carbonyl (C=O) groups is 1.